The lowest BCUT2D eigenvalue weighted by molar-refractivity contribution is 0.0205. The number of nitrogens with one attached hydrogen (secondary N) is 2. The molecule has 1 unspecified atom stereocenters. The molecule has 0 radical (unpaired) electrons. The SMILES string of the molecule is CCNC(=NCCCOCC1CCOCC1)NC(C)c1ccc(CC)cc1.I. The molecule has 2 N–H and O–H groups in total. The maximum absolute atomic E-state index is 5.82. The van der Waals surface area contributed by atoms with Crippen molar-refractivity contribution >= 4 is 29.9 Å². The van der Waals surface area contributed by atoms with E-state index in [1.807, 2.05) is 0 Å². The van der Waals surface area contributed by atoms with E-state index in [-0.39, 0.29) is 30.0 Å². The number of hydrogen-bond donors (Lipinski definition) is 2. The van der Waals surface area contributed by atoms with Crippen LogP contribution in [-0.4, -0.2) is 45.5 Å². The summed E-state index contributed by atoms with van der Waals surface area (Å²) in [7, 11) is 0. The maximum atomic E-state index is 5.82. The first-order valence-electron chi connectivity index (χ1n) is 10.5. The van der Waals surface area contributed by atoms with Crippen molar-refractivity contribution in [2.75, 3.05) is 39.5 Å². The molecule has 1 fully saturated rings. The van der Waals surface area contributed by atoms with E-state index in [0.717, 1.165) is 71.2 Å². The second-order valence-electron chi connectivity index (χ2n) is 7.21. The van der Waals surface area contributed by atoms with Crippen LogP contribution in [0.3, 0.4) is 0 Å². The monoisotopic (exact) mass is 503 g/mol. The third-order valence-corrected chi connectivity index (χ3v) is 5.00. The summed E-state index contributed by atoms with van der Waals surface area (Å²) in [5.74, 6) is 1.54. The van der Waals surface area contributed by atoms with Crippen LogP contribution in [0.1, 0.15) is 57.2 Å². The van der Waals surface area contributed by atoms with E-state index in [0.29, 0.717) is 5.92 Å². The van der Waals surface area contributed by atoms with Crippen LogP contribution in [0.15, 0.2) is 29.3 Å². The smallest absolute Gasteiger partial charge is 0.191 e. The van der Waals surface area contributed by atoms with Crippen molar-refractivity contribution in [1.29, 1.82) is 0 Å². The second-order valence-corrected chi connectivity index (χ2v) is 7.21. The second kappa shape index (κ2) is 15.0. The Morgan fingerprint density at radius 1 is 1.21 bits per heavy atom. The molecule has 1 atom stereocenters. The van der Waals surface area contributed by atoms with Gasteiger partial charge in [-0.2, -0.15) is 0 Å². The van der Waals surface area contributed by atoms with E-state index in [2.05, 4.69) is 55.7 Å². The highest BCUT2D eigenvalue weighted by Gasteiger charge is 2.13. The van der Waals surface area contributed by atoms with E-state index in [1.165, 1.54) is 11.1 Å². The van der Waals surface area contributed by atoms with Crippen LogP contribution in [0, 0.1) is 5.92 Å². The highest BCUT2D eigenvalue weighted by Crippen LogP contribution is 2.15. The minimum atomic E-state index is 0. The normalized spacial score (nSPS) is 16.3. The number of nitrogens with zero attached hydrogens (tertiary/aromatic N) is 1. The lowest BCUT2D eigenvalue weighted by atomic mass is 10.0. The summed E-state index contributed by atoms with van der Waals surface area (Å²) in [5, 5.41) is 6.83. The first-order valence-corrected chi connectivity index (χ1v) is 10.5. The Morgan fingerprint density at radius 3 is 2.57 bits per heavy atom. The van der Waals surface area contributed by atoms with Gasteiger partial charge in [0.05, 0.1) is 6.04 Å². The Labute approximate surface area is 188 Å². The van der Waals surface area contributed by atoms with E-state index < -0.39 is 0 Å². The molecule has 1 aromatic carbocycles. The number of guanidine groups is 1. The van der Waals surface area contributed by atoms with Crippen LogP contribution in [0.25, 0.3) is 0 Å². The molecule has 28 heavy (non-hydrogen) atoms. The van der Waals surface area contributed by atoms with Gasteiger partial charge in [-0.1, -0.05) is 31.2 Å². The molecule has 6 heteroatoms. The van der Waals surface area contributed by atoms with Gasteiger partial charge >= 0.3 is 0 Å². The zero-order valence-electron chi connectivity index (χ0n) is 17.7. The van der Waals surface area contributed by atoms with E-state index in [4.69, 9.17) is 14.5 Å². The minimum absolute atomic E-state index is 0. The number of rotatable bonds is 10. The predicted octanol–water partition coefficient (Wildman–Crippen LogP) is 4.32. The summed E-state index contributed by atoms with van der Waals surface area (Å²) in [6.45, 7) is 11.5. The first-order chi connectivity index (χ1) is 13.2. The molecule has 0 bridgehead atoms. The largest absolute Gasteiger partial charge is 0.381 e. The number of aliphatic imine (C=N–C) groups is 1. The summed E-state index contributed by atoms with van der Waals surface area (Å²) in [6.07, 6.45) is 4.27. The van der Waals surface area contributed by atoms with Crippen molar-refractivity contribution < 1.29 is 9.47 Å². The number of halogens is 1. The van der Waals surface area contributed by atoms with Crippen LogP contribution < -0.4 is 10.6 Å². The molecule has 1 aliphatic heterocycles. The van der Waals surface area contributed by atoms with E-state index >= 15 is 0 Å². The fraction of sp³-hybridized carbons (Fsp3) is 0.682. The molecular weight excluding hydrogens is 465 g/mol. The van der Waals surface area contributed by atoms with Gasteiger partial charge in [0.2, 0.25) is 0 Å². The Bertz CT molecular complexity index is 545. The topological polar surface area (TPSA) is 54.9 Å². The van der Waals surface area contributed by atoms with Gasteiger partial charge in [0, 0.05) is 39.5 Å². The Hall–Kier alpha value is -0.860. The fourth-order valence-electron chi connectivity index (χ4n) is 3.17. The van der Waals surface area contributed by atoms with Gasteiger partial charge in [-0.3, -0.25) is 4.99 Å². The van der Waals surface area contributed by atoms with E-state index in [1.54, 1.807) is 0 Å². The zero-order chi connectivity index (χ0) is 19.3. The van der Waals surface area contributed by atoms with Crippen LogP contribution in [0.2, 0.25) is 0 Å². The Kier molecular flexibility index (Phi) is 13.5. The van der Waals surface area contributed by atoms with Crippen LogP contribution in [0.4, 0.5) is 0 Å². The molecule has 0 spiro atoms. The molecule has 0 aliphatic carbocycles. The van der Waals surface area contributed by atoms with Crippen molar-refractivity contribution in [1.82, 2.24) is 10.6 Å². The highest BCUT2D eigenvalue weighted by molar-refractivity contribution is 14.0. The third-order valence-electron chi connectivity index (χ3n) is 5.00. The molecule has 1 aliphatic rings. The third kappa shape index (κ3) is 9.56. The fourth-order valence-corrected chi connectivity index (χ4v) is 3.17. The summed E-state index contributed by atoms with van der Waals surface area (Å²) in [5.41, 5.74) is 2.64. The number of ether oxygens (including phenoxy) is 2. The predicted molar refractivity (Wildman–Crippen MR) is 128 cm³/mol. The molecule has 160 valence electrons. The van der Waals surface area contributed by atoms with Gasteiger partial charge in [0.25, 0.3) is 0 Å². The quantitative estimate of drug-likeness (QED) is 0.216. The van der Waals surface area contributed by atoms with Gasteiger partial charge < -0.3 is 20.1 Å². The lowest BCUT2D eigenvalue weighted by Gasteiger charge is -2.21. The van der Waals surface area contributed by atoms with Gasteiger partial charge in [0.1, 0.15) is 0 Å². The van der Waals surface area contributed by atoms with Crippen LogP contribution >= 0.6 is 24.0 Å². The van der Waals surface area contributed by atoms with Crippen molar-refractivity contribution in [2.45, 2.75) is 52.5 Å². The molecule has 1 aromatic rings. The highest BCUT2D eigenvalue weighted by atomic mass is 127. The van der Waals surface area contributed by atoms with Crippen LogP contribution in [-0.2, 0) is 15.9 Å². The first kappa shape index (κ1) is 25.2. The van der Waals surface area contributed by atoms with Gasteiger partial charge in [0.15, 0.2) is 5.96 Å². The molecule has 1 saturated heterocycles. The van der Waals surface area contributed by atoms with Gasteiger partial charge in [-0.05, 0) is 56.6 Å². The molecule has 0 amide bonds. The summed E-state index contributed by atoms with van der Waals surface area (Å²) in [6, 6.07) is 9.02. The number of benzene rings is 1. The Balaban J connectivity index is 0.00000392. The van der Waals surface area contributed by atoms with Crippen molar-refractivity contribution in [3.63, 3.8) is 0 Å². The number of hydrogen-bond acceptors (Lipinski definition) is 3. The molecule has 2 rings (SSSR count). The Morgan fingerprint density at radius 2 is 1.93 bits per heavy atom. The van der Waals surface area contributed by atoms with E-state index in [9.17, 15) is 0 Å². The molecule has 0 aromatic heterocycles. The van der Waals surface area contributed by atoms with Crippen molar-refractivity contribution in [3.8, 4) is 0 Å². The van der Waals surface area contributed by atoms with Crippen LogP contribution in [0.5, 0.6) is 0 Å². The summed E-state index contributed by atoms with van der Waals surface area (Å²) < 4.78 is 11.2. The minimum Gasteiger partial charge on any atom is -0.381 e. The lowest BCUT2D eigenvalue weighted by Crippen LogP contribution is -2.38. The van der Waals surface area contributed by atoms with Crippen molar-refractivity contribution in [2.24, 2.45) is 10.9 Å². The molecule has 0 saturated carbocycles. The van der Waals surface area contributed by atoms with Gasteiger partial charge in [-0.25, -0.2) is 0 Å². The molecular formula is C22H38IN3O2. The summed E-state index contributed by atoms with van der Waals surface area (Å²) in [4.78, 5) is 4.69. The van der Waals surface area contributed by atoms with Crippen molar-refractivity contribution in [3.05, 3.63) is 35.4 Å². The molecule has 1 heterocycles. The average molecular weight is 503 g/mol. The number of aryl methyl sites for hydroxylation is 1. The maximum Gasteiger partial charge on any atom is 0.191 e. The molecule has 5 nitrogen and oxygen atoms in total. The zero-order valence-corrected chi connectivity index (χ0v) is 20.0. The standard InChI is InChI=1S/C22H37N3O2.HI/c1-4-19-7-9-21(10-8-19)18(3)25-22(23-5-2)24-13-6-14-27-17-20-11-15-26-16-12-20;/h7-10,18,20H,4-6,11-17H2,1-3H3,(H2,23,24,25);1H. The van der Waals surface area contributed by atoms with Gasteiger partial charge in [-0.15, -0.1) is 24.0 Å². The summed E-state index contributed by atoms with van der Waals surface area (Å²) >= 11 is 0. The average Bonchev–Trinajstić information content (AvgIpc) is 2.71.